The topological polar surface area (TPSA) is 55.8 Å². The molecular formula is C18H27N3O2. The van der Waals surface area contributed by atoms with Crippen molar-refractivity contribution >= 4 is 6.03 Å². The third-order valence-electron chi connectivity index (χ3n) is 4.98. The number of aliphatic hydroxyl groups excluding tert-OH is 1. The Hall–Kier alpha value is -1.59. The van der Waals surface area contributed by atoms with Gasteiger partial charge < -0.3 is 15.3 Å². The van der Waals surface area contributed by atoms with Crippen LogP contribution in [0.15, 0.2) is 24.3 Å². The summed E-state index contributed by atoms with van der Waals surface area (Å²) in [5.41, 5.74) is 2.86. The Morgan fingerprint density at radius 3 is 2.91 bits per heavy atom. The van der Waals surface area contributed by atoms with E-state index in [1.807, 2.05) is 4.90 Å². The molecule has 2 aliphatic rings. The van der Waals surface area contributed by atoms with Gasteiger partial charge in [-0.1, -0.05) is 24.3 Å². The first-order valence-corrected chi connectivity index (χ1v) is 8.69. The number of piperidine rings is 1. The highest BCUT2D eigenvalue weighted by atomic mass is 16.3. The van der Waals surface area contributed by atoms with Crippen molar-refractivity contribution in [2.75, 3.05) is 39.3 Å². The van der Waals surface area contributed by atoms with E-state index >= 15 is 0 Å². The van der Waals surface area contributed by atoms with Crippen molar-refractivity contribution in [2.45, 2.75) is 25.8 Å². The molecule has 2 amide bonds. The molecule has 0 saturated carbocycles. The molecule has 5 heteroatoms. The van der Waals surface area contributed by atoms with Crippen molar-refractivity contribution < 1.29 is 9.90 Å². The summed E-state index contributed by atoms with van der Waals surface area (Å²) in [5.74, 6) is 0.244. The van der Waals surface area contributed by atoms with Gasteiger partial charge in [-0.2, -0.15) is 0 Å². The molecule has 0 bridgehead atoms. The highest BCUT2D eigenvalue weighted by Crippen LogP contribution is 2.18. The first-order chi connectivity index (χ1) is 11.3. The maximum Gasteiger partial charge on any atom is 0.317 e. The van der Waals surface area contributed by atoms with Crippen molar-refractivity contribution in [3.63, 3.8) is 0 Å². The molecule has 1 saturated heterocycles. The van der Waals surface area contributed by atoms with Gasteiger partial charge in [-0.15, -0.1) is 0 Å². The predicted molar refractivity (Wildman–Crippen MR) is 90.2 cm³/mol. The van der Waals surface area contributed by atoms with Crippen LogP contribution in [0, 0.1) is 5.92 Å². The Morgan fingerprint density at radius 2 is 2.09 bits per heavy atom. The van der Waals surface area contributed by atoms with Crippen LogP contribution in [-0.4, -0.2) is 60.3 Å². The van der Waals surface area contributed by atoms with Gasteiger partial charge in [0.15, 0.2) is 0 Å². The van der Waals surface area contributed by atoms with E-state index in [2.05, 4.69) is 34.5 Å². The molecule has 0 radical (unpaired) electrons. The number of hydrogen-bond acceptors (Lipinski definition) is 3. The maximum absolute atomic E-state index is 12.2. The largest absolute Gasteiger partial charge is 0.396 e. The number of urea groups is 1. The molecule has 2 heterocycles. The summed E-state index contributed by atoms with van der Waals surface area (Å²) >= 11 is 0. The van der Waals surface area contributed by atoms with Crippen LogP contribution >= 0.6 is 0 Å². The van der Waals surface area contributed by atoms with Gasteiger partial charge >= 0.3 is 6.03 Å². The zero-order valence-electron chi connectivity index (χ0n) is 13.7. The molecule has 1 atom stereocenters. The first-order valence-electron chi connectivity index (χ1n) is 8.69. The van der Waals surface area contributed by atoms with Gasteiger partial charge in [0.25, 0.3) is 0 Å². The molecule has 1 unspecified atom stereocenters. The highest BCUT2D eigenvalue weighted by molar-refractivity contribution is 5.74. The summed E-state index contributed by atoms with van der Waals surface area (Å²) < 4.78 is 0. The minimum Gasteiger partial charge on any atom is -0.396 e. The number of carbonyl (C=O) groups excluding carboxylic acids is 1. The summed E-state index contributed by atoms with van der Waals surface area (Å²) in [6.45, 7) is 5.26. The van der Waals surface area contributed by atoms with E-state index in [4.69, 9.17) is 0 Å². The summed E-state index contributed by atoms with van der Waals surface area (Å²) in [5, 5.41) is 12.3. The summed E-state index contributed by atoms with van der Waals surface area (Å²) in [7, 11) is 0. The molecule has 2 aliphatic heterocycles. The van der Waals surface area contributed by atoms with Crippen LogP contribution < -0.4 is 5.32 Å². The molecule has 0 spiro atoms. The Morgan fingerprint density at radius 1 is 1.26 bits per heavy atom. The van der Waals surface area contributed by atoms with Gasteiger partial charge in [0.05, 0.1) is 0 Å². The van der Waals surface area contributed by atoms with Crippen molar-refractivity contribution in [1.82, 2.24) is 15.1 Å². The number of rotatable bonds is 4. The molecule has 1 aromatic rings. The Balaban J connectivity index is 1.41. The Bertz CT molecular complexity index is 535. The van der Waals surface area contributed by atoms with Crippen LogP contribution in [0.4, 0.5) is 4.79 Å². The third kappa shape index (κ3) is 4.24. The van der Waals surface area contributed by atoms with Gasteiger partial charge in [-0.05, 0) is 36.3 Å². The molecule has 1 fully saturated rings. The van der Waals surface area contributed by atoms with Crippen LogP contribution in [0.5, 0.6) is 0 Å². The molecule has 5 nitrogen and oxygen atoms in total. The molecule has 1 aromatic carbocycles. The SMILES string of the molecule is O=C(NCCN1CCc2ccccc2C1)N1CCCC(CO)C1. The number of hydrogen-bond donors (Lipinski definition) is 2. The molecule has 0 aliphatic carbocycles. The van der Waals surface area contributed by atoms with Crippen molar-refractivity contribution in [1.29, 1.82) is 0 Å². The lowest BCUT2D eigenvalue weighted by atomic mass is 9.99. The number of carbonyl (C=O) groups is 1. The fourth-order valence-corrected chi connectivity index (χ4v) is 3.58. The van der Waals surface area contributed by atoms with Gasteiger partial charge in [0.2, 0.25) is 0 Å². The lowest BCUT2D eigenvalue weighted by molar-refractivity contribution is 0.129. The van der Waals surface area contributed by atoms with Crippen LogP contribution in [0.2, 0.25) is 0 Å². The van der Waals surface area contributed by atoms with E-state index < -0.39 is 0 Å². The van der Waals surface area contributed by atoms with Crippen LogP contribution in [0.3, 0.4) is 0 Å². The molecule has 23 heavy (non-hydrogen) atoms. The van der Waals surface area contributed by atoms with E-state index in [-0.39, 0.29) is 18.6 Å². The quantitative estimate of drug-likeness (QED) is 0.884. The average molecular weight is 317 g/mol. The number of fused-ring (bicyclic) bond motifs is 1. The van der Waals surface area contributed by atoms with Crippen LogP contribution in [0.1, 0.15) is 24.0 Å². The number of aliphatic hydroxyl groups is 1. The number of amides is 2. The third-order valence-corrected chi connectivity index (χ3v) is 4.98. The fraction of sp³-hybridized carbons (Fsp3) is 0.611. The molecule has 2 N–H and O–H groups in total. The van der Waals surface area contributed by atoms with Gasteiger partial charge in [-0.25, -0.2) is 4.79 Å². The van der Waals surface area contributed by atoms with Crippen molar-refractivity contribution in [3.8, 4) is 0 Å². The fourth-order valence-electron chi connectivity index (χ4n) is 3.58. The van der Waals surface area contributed by atoms with E-state index in [9.17, 15) is 9.90 Å². The highest BCUT2D eigenvalue weighted by Gasteiger charge is 2.23. The number of benzene rings is 1. The minimum absolute atomic E-state index is 0.0144. The Labute approximate surface area is 138 Å². The van der Waals surface area contributed by atoms with Crippen LogP contribution in [-0.2, 0) is 13.0 Å². The number of nitrogens with one attached hydrogen (secondary N) is 1. The minimum atomic E-state index is 0.0144. The van der Waals surface area contributed by atoms with E-state index in [1.54, 1.807) is 0 Å². The second-order valence-electron chi connectivity index (χ2n) is 6.66. The number of likely N-dealkylation sites (tertiary alicyclic amines) is 1. The van der Waals surface area contributed by atoms with Gasteiger partial charge in [0.1, 0.15) is 0 Å². The smallest absolute Gasteiger partial charge is 0.317 e. The normalized spacial score (nSPS) is 21.8. The zero-order chi connectivity index (χ0) is 16.1. The molecular weight excluding hydrogens is 290 g/mol. The zero-order valence-corrected chi connectivity index (χ0v) is 13.7. The summed E-state index contributed by atoms with van der Waals surface area (Å²) in [6, 6.07) is 8.62. The Kier molecular flexibility index (Phi) is 5.51. The molecule has 3 rings (SSSR count). The summed E-state index contributed by atoms with van der Waals surface area (Å²) in [6.07, 6.45) is 3.10. The van der Waals surface area contributed by atoms with Crippen LogP contribution in [0.25, 0.3) is 0 Å². The van der Waals surface area contributed by atoms with Gasteiger partial charge in [0, 0.05) is 45.9 Å². The molecule has 126 valence electrons. The lowest BCUT2D eigenvalue weighted by Crippen LogP contribution is -2.48. The average Bonchev–Trinajstić information content (AvgIpc) is 2.61. The summed E-state index contributed by atoms with van der Waals surface area (Å²) in [4.78, 5) is 16.5. The molecule has 0 aromatic heterocycles. The number of nitrogens with zero attached hydrogens (tertiary/aromatic N) is 2. The van der Waals surface area contributed by atoms with E-state index in [0.717, 1.165) is 45.4 Å². The van der Waals surface area contributed by atoms with Crippen molar-refractivity contribution in [2.24, 2.45) is 5.92 Å². The standard InChI is InChI=1S/C18H27N3O2/c22-14-15-4-3-9-21(12-15)18(23)19-8-11-20-10-7-16-5-1-2-6-17(16)13-20/h1-2,5-6,15,22H,3-4,7-14H2,(H,19,23). The maximum atomic E-state index is 12.2. The van der Waals surface area contributed by atoms with Gasteiger partial charge in [-0.3, -0.25) is 4.90 Å². The van der Waals surface area contributed by atoms with Crippen molar-refractivity contribution in [3.05, 3.63) is 35.4 Å². The van der Waals surface area contributed by atoms with E-state index in [1.165, 1.54) is 11.1 Å². The predicted octanol–water partition coefficient (Wildman–Crippen LogP) is 1.46. The first kappa shape index (κ1) is 16.3. The second-order valence-corrected chi connectivity index (χ2v) is 6.66. The monoisotopic (exact) mass is 317 g/mol. The lowest BCUT2D eigenvalue weighted by Gasteiger charge is -2.32. The van der Waals surface area contributed by atoms with E-state index in [0.29, 0.717) is 13.1 Å². The second kappa shape index (κ2) is 7.79.